The Balaban J connectivity index is 2.31. The molecule has 1 aliphatic carbocycles. The average molecular weight is 372 g/mol. The summed E-state index contributed by atoms with van der Waals surface area (Å²) in [5.41, 5.74) is 9.65. The second-order valence-electron chi connectivity index (χ2n) is 6.46. The average Bonchev–Trinajstić information content (AvgIpc) is 2.67. The number of ether oxygens (including phenoxy) is 2. The van der Waals surface area contributed by atoms with E-state index in [-0.39, 0.29) is 11.6 Å². The number of azide groups is 1. The van der Waals surface area contributed by atoms with Crippen molar-refractivity contribution in [2.75, 3.05) is 19.0 Å². The first-order valence-electron chi connectivity index (χ1n) is 8.93. The van der Waals surface area contributed by atoms with Gasteiger partial charge in [-0.3, -0.25) is 4.79 Å². The first-order chi connectivity index (χ1) is 13.0. The summed E-state index contributed by atoms with van der Waals surface area (Å²) in [4.78, 5) is 25.8. The number of methoxy groups -OCH3 is 1. The zero-order chi connectivity index (χ0) is 19.6. The highest BCUT2D eigenvalue weighted by Crippen LogP contribution is 2.29. The van der Waals surface area contributed by atoms with Crippen LogP contribution in [0.25, 0.3) is 16.5 Å². The third kappa shape index (κ3) is 6.34. The normalized spacial score (nSPS) is 14.8. The molecule has 0 saturated heterocycles. The van der Waals surface area contributed by atoms with Crippen molar-refractivity contribution in [2.45, 2.75) is 39.0 Å². The molecule has 0 atom stereocenters. The Morgan fingerprint density at radius 2 is 2.07 bits per heavy atom. The Labute approximate surface area is 158 Å². The van der Waals surface area contributed by atoms with E-state index in [2.05, 4.69) is 20.1 Å². The number of esters is 1. The highest BCUT2D eigenvalue weighted by Gasteiger charge is 2.16. The molecule has 0 aliphatic heterocycles. The number of rotatable bonds is 7. The molecule has 1 amide bonds. The number of benzene rings is 1. The highest BCUT2D eigenvalue weighted by molar-refractivity contribution is 5.94. The summed E-state index contributed by atoms with van der Waals surface area (Å²) in [6.07, 6.45) is 7.34. The molecule has 0 spiro atoms. The minimum Gasteiger partial charge on any atom is -0.493 e. The molecule has 8 heteroatoms. The van der Waals surface area contributed by atoms with Crippen LogP contribution in [0, 0.1) is 5.92 Å². The maximum absolute atomic E-state index is 11.8. The molecule has 1 aromatic rings. The molecule has 0 bridgehead atoms. The number of nitrogens with one attached hydrogen (secondary N) is 1. The predicted octanol–water partition coefficient (Wildman–Crippen LogP) is 4.43. The molecule has 0 aromatic heterocycles. The van der Waals surface area contributed by atoms with E-state index < -0.39 is 5.97 Å². The number of carbonyl (C=O) groups is 2. The van der Waals surface area contributed by atoms with Crippen LogP contribution < -0.4 is 10.1 Å². The molecule has 2 rings (SSSR count). The Hall–Kier alpha value is -2.99. The predicted molar refractivity (Wildman–Crippen MR) is 102 cm³/mol. The van der Waals surface area contributed by atoms with Crippen LogP contribution in [0.2, 0.25) is 0 Å². The Morgan fingerprint density at radius 1 is 1.33 bits per heavy atom. The summed E-state index contributed by atoms with van der Waals surface area (Å²) in [5, 5.41) is 6.10. The third-order valence-corrected chi connectivity index (χ3v) is 4.37. The number of hydrogen-bond acceptors (Lipinski definition) is 5. The second kappa shape index (κ2) is 10.2. The number of carbonyl (C=O) groups excluding carboxylic acids is 2. The maximum Gasteiger partial charge on any atom is 0.340 e. The van der Waals surface area contributed by atoms with Gasteiger partial charge in [-0.2, -0.15) is 0 Å². The van der Waals surface area contributed by atoms with E-state index in [1.165, 1.54) is 39.4 Å². The van der Waals surface area contributed by atoms with Gasteiger partial charge in [0.2, 0.25) is 5.91 Å². The van der Waals surface area contributed by atoms with Gasteiger partial charge in [-0.1, -0.05) is 24.4 Å². The van der Waals surface area contributed by atoms with Crippen LogP contribution in [0.4, 0.5) is 5.69 Å². The lowest BCUT2D eigenvalue weighted by Crippen LogP contribution is -2.16. The summed E-state index contributed by atoms with van der Waals surface area (Å²) < 4.78 is 10.6. The molecule has 1 N–H and O–H groups in total. The zero-order valence-corrected chi connectivity index (χ0v) is 15.6. The largest absolute Gasteiger partial charge is 0.493 e. The molecule has 144 valence electrons. The molecule has 1 aliphatic rings. The van der Waals surface area contributed by atoms with E-state index in [4.69, 9.17) is 10.3 Å². The van der Waals surface area contributed by atoms with Gasteiger partial charge in [-0.05, 0) is 42.5 Å². The van der Waals surface area contributed by atoms with Crippen LogP contribution in [0.1, 0.15) is 44.6 Å². The van der Waals surface area contributed by atoms with Crippen molar-refractivity contribution in [3.05, 3.63) is 39.9 Å². The fraction of sp³-hybridized carbons (Fsp3) is 0.474. The van der Waals surface area contributed by atoms with Gasteiger partial charge in [0, 0.05) is 29.2 Å². The first kappa shape index (κ1) is 20.3. The van der Waals surface area contributed by atoms with E-state index >= 15 is 0 Å². The van der Waals surface area contributed by atoms with Crippen molar-refractivity contribution in [3.63, 3.8) is 0 Å². The Morgan fingerprint density at radius 3 is 2.70 bits per heavy atom. The van der Waals surface area contributed by atoms with E-state index in [0.29, 0.717) is 29.5 Å². The number of anilines is 1. The third-order valence-electron chi connectivity index (χ3n) is 4.37. The van der Waals surface area contributed by atoms with E-state index in [9.17, 15) is 9.59 Å². The summed E-state index contributed by atoms with van der Waals surface area (Å²) in [5.74, 6) is 0.0522. The quantitative estimate of drug-likeness (QED) is 0.251. The van der Waals surface area contributed by atoms with Crippen LogP contribution >= 0.6 is 0 Å². The second-order valence-corrected chi connectivity index (χ2v) is 6.46. The number of amides is 1. The summed E-state index contributed by atoms with van der Waals surface area (Å²) in [6, 6.07) is 5.07. The summed E-state index contributed by atoms with van der Waals surface area (Å²) >= 11 is 0. The van der Waals surface area contributed by atoms with E-state index in [1.54, 1.807) is 18.2 Å². The summed E-state index contributed by atoms with van der Waals surface area (Å²) in [6.45, 7) is 1.98. The molecular weight excluding hydrogens is 348 g/mol. The molecule has 0 heterocycles. The standard InChI is InChI=1S/C19H24N4O4/c1-13(24)21-16-9-8-15(10-17(22-23-20)19(25)26-2)18(11-16)27-12-14-6-4-3-5-7-14/h8-11,14H,3-7,12H2,1-2H3,(H,21,24)/b17-10-. The molecule has 0 unspecified atom stereocenters. The lowest BCUT2D eigenvalue weighted by atomic mass is 9.90. The molecule has 1 aromatic carbocycles. The van der Waals surface area contributed by atoms with Crippen LogP contribution in [0.5, 0.6) is 5.75 Å². The van der Waals surface area contributed by atoms with E-state index in [0.717, 1.165) is 12.8 Å². The van der Waals surface area contributed by atoms with Crippen molar-refractivity contribution < 1.29 is 19.1 Å². The Bertz CT molecular complexity index is 763. The number of nitrogens with zero attached hydrogens (tertiary/aromatic N) is 3. The number of hydrogen-bond donors (Lipinski definition) is 1. The van der Waals surface area contributed by atoms with Gasteiger partial charge in [0.1, 0.15) is 11.4 Å². The topological polar surface area (TPSA) is 113 Å². The first-order valence-corrected chi connectivity index (χ1v) is 8.93. The van der Waals surface area contributed by atoms with Crippen LogP contribution in [0.3, 0.4) is 0 Å². The van der Waals surface area contributed by atoms with Gasteiger partial charge in [0.15, 0.2) is 0 Å². The van der Waals surface area contributed by atoms with Crippen LogP contribution in [0.15, 0.2) is 29.0 Å². The SMILES string of the molecule is COC(=O)/C(=C/c1ccc(NC(C)=O)cc1OCC1CCCCC1)N=[N+]=[N-]. The fourth-order valence-electron chi connectivity index (χ4n) is 3.05. The minimum atomic E-state index is -0.739. The van der Waals surface area contributed by atoms with Crippen molar-refractivity contribution >= 4 is 23.6 Å². The summed E-state index contributed by atoms with van der Waals surface area (Å²) in [7, 11) is 1.21. The van der Waals surface area contributed by atoms with Gasteiger partial charge in [0.05, 0.1) is 13.7 Å². The fourth-order valence-corrected chi connectivity index (χ4v) is 3.05. The van der Waals surface area contributed by atoms with Gasteiger partial charge in [-0.15, -0.1) is 0 Å². The maximum atomic E-state index is 11.8. The van der Waals surface area contributed by atoms with E-state index in [1.807, 2.05) is 0 Å². The molecule has 0 radical (unpaired) electrons. The smallest absolute Gasteiger partial charge is 0.340 e. The molecule has 27 heavy (non-hydrogen) atoms. The molecular formula is C19H24N4O4. The Kier molecular flexibility index (Phi) is 7.70. The lowest BCUT2D eigenvalue weighted by molar-refractivity contribution is -0.136. The van der Waals surface area contributed by atoms with Crippen LogP contribution in [-0.2, 0) is 14.3 Å². The lowest BCUT2D eigenvalue weighted by Gasteiger charge is -2.22. The monoisotopic (exact) mass is 372 g/mol. The minimum absolute atomic E-state index is 0.171. The van der Waals surface area contributed by atoms with Gasteiger partial charge < -0.3 is 14.8 Å². The molecule has 8 nitrogen and oxygen atoms in total. The van der Waals surface area contributed by atoms with Gasteiger partial charge in [-0.25, -0.2) is 4.79 Å². The van der Waals surface area contributed by atoms with Crippen LogP contribution in [-0.4, -0.2) is 25.6 Å². The van der Waals surface area contributed by atoms with Crippen molar-refractivity contribution in [3.8, 4) is 5.75 Å². The zero-order valence-electron chi connectivity index (χ0n) is 15.6. The van der Waals surface area contributed by atoms with Crippen molar-refractivity contribution in [1.29, 1.82) is 0 Å². The van der Waals surface area contributed by atoms with Crippen molar-refractivity contribution in [1.82, 2.24) is 0 Å². The van der Waals surface area contributed by atoms with Gasteiger partial charge >= 0.3 is 5.97 Å². The van der Waals surface area contributed by atoms with Crippen molar-refractivity contribution in [2.24, 2.45) is 11.0 Å². The molecule has 1 saturated carbocycles. The van der Waals surface area contributed by atoms with Gasteiger partial charge in [0.25, 0.3) is 0 Å². The highest BCUT2D eigenvalue weighted by atomic mass is 16.5. The molecule has 1 fully saturated rings.